The monoisotopic (exact) mass is 228 g/mol. The first kappa shape index (κ1) is 13.0. The number of carbonyl (C=O) groups excluding carboxylic acids is 1. The van der Waals surface area contributed by atoms with Crippen molar-refractivity contribution >= 4 is 11.9 Å². The Morgan fingerprint density at radius 1 is 1.56 bits per heavy atom. The van der Waals surface area contributed by atoms with Crippen molar-refractivity contribution in [3.8, 4) is 0 Å². The molecule has 16 heavy (non-hydrogen) atoms. The summed E-state index contributed by atoms with van der Waals surface area (Å²) in [5.41, 5.74) is -0.211. The standard InChI is InChI=1S/C11H20N2O3/c1-7-6-12-10(16)8(5-9(14)15)13(7)11(2,3)4/h7-8H,5-6H2,1-4H3,(H,12,16)(H,14,15). The second kappa shape index (κ2) is 4.41. The largest absolute Gasteiger partial charge is 0.481 e. The lowest BCUT2D eigenvalue weighted by Gasteiger charge is -2.47. The fraction of sp³-hybridized carbons (Fsp3) is 0.818. The average molecular weight is 228 g/mol. The van der Waals surface area contributed by atoms with Gasteiger partial charge in [0.15, 0.2) is 0 Å². The summed E-state index contributed by atoms with van der Waals surface area (Å²) in [6.45, 7) is 8.57. The van der Waals surface area contributed by atoms with Gasteiger partial charge in [0.2, 0.25) is 5.91 Å². The Morgan fingerprint density at radius 3 is 2.56 bits per heavy atom. The number of carbonyl (C=O) groups is 2. The first-order valence-corrected chi connectivity index (χ1v) is 5.51. The Labute approximate surface area is 95.8 Å². The molecule has 1 amide bonds. The Morgan fingerprint density at radius 2 is 2.12 bits per heavy atom. The number of nitrogens with one attached hydrogen (secondary N) is 1. The van der Waals surface area contributed by atoms with E-state index in [1.807, 2.05) is 32.6 Å². The molecule has 5 nitrogen and oxygen atoms in total. The molecule has 2 unspecified atom stereocenters. The van der Waals surface area contributed by atoms with Crippen LogP contribution in [0, 0.1) is 0 Å². The zero-order chi connectivity index (χ0) is 12.5. The minimum absolute atomic E-state index is 0.145. The number of amides is 1. The van der Waals surface area contributed by atoms with Gasteiger partial charge in [-0.2, -0.15) is 0 Å². The van der Waals surface area contributed by atoms with Crippen molar-refractivity contribution in [3.63, 3.8) is 0 Å². The zero-order valence-electron chi connectivity index (χ0n) is 10.3. The molecular weight excluding hydrogens is 208 g/mol. The maximum Gasteiger partial charge on any atom is 0.305 e. The number of carboxylic acid groups (broad SMARTS) is 1. The molecule has 1 aliphatic rings. The molecule has 1 rings (SSSR count). The number of rotatable bonds is 2. The van der Waals surface area contributed by atoms with Crippen molar-refractivity contribution in [2.24, 2.45) is 0 Å². The van der Waals surface area contributed by atoms with Crippen LogP contribution in [0.4, 0.5) is 0 Å². The minimum atomic E-state index is -0.941. The number of piperazine rings is 1. The van der Waals surface area contributed by atoms with E-state index in [1.54, 1.807) is 0 Å². The van der Waals surface area contributed by atoms with E-state index in [0.717, 1.165) is 0 Å². The summed E-state index contributed by atoms with van der Waals surface area (Å²) in [6, 6.07) is -0.414. The molecule has 0 bridgehead atoms. The van der Waals surface area contributed by atoms with E-state index < -0.39 is 12.0 Å². The highest BCUT2D eigenvalue weighted by Gasteiger charge is 2.41. The van der Waals surface area contributed by atoms with Gasteiger partial charge in [-0.15, -0.1) is 0 Å². The molecule has 1 saturated heterocycles. The molecule has 1 fully saturated rings. The van der Waals surface area contributed by atoms with Crippen LogP contribution in [0.25, 0.3) is 0 Å². The zero-order valence-corrected chi connectivity index (χ0v) is 10.3. The van der Waals surface area contributed by atoms with Gasteiger partial charge in [0.05, 0.1) is 6.42 Å². The predicted octanol–water partition coefficient (Wildman–Crippen LogP) is 0.449. The molecule has 2 N–H and O–H groups in total. The van der Waals surface area contributed by atoms with E-state index in [1.165, 1.54) is 0 Å². The molecule has 0 spiro atoms. The highest BCUT2D eigenvalue weighted by molar-refractivity contribution is 5.87. The first-order chi connectivity index (χ1) is 7.23. The molecular formula is C11H20N2O3. The average Bonchev–Trinajstić information content (AvgIpc) is 2.08. The van der Waals surface area contributed by atoms with Crippen LogP contribution in [0.15, 0.2) is 0 Å². The van der Waals surface area contributed by atoms with Gasteiger partial charge in [-0.1, -0.05) is 0 Å². The summed E-state index contributed by atoms with van der Waals surface area (Å²) in [4.78, 5) is 24.5. The van der Waals surface area contributed by atoms with Crippen LogP contribution in [0.2, 0.25) is 0 Å². The summed E-state index contributed by atoms with van der Waals surface area (Å²) in [5, 5.41) is 11.6. The van der Waals surface area contributed by atoms with Crippen molar-refractivity contribution in [3.05, 3.63) is 0 Å². The Kier molecular flexibility index (Phi) is 3.57. The van der Waals surface area contributed by atoms with Gasteiger partial charge in [0.1, 0.15) is 6.04 Å². The molecule has 5 heteroatoms. The molecule has 0 radical (unpaired) electrons. The van der Waals surface area contributed by atoms with Crippen molar-refractivity contribution < 1.29 is 14.7 Å². The lowest BCUT2D eigenvalue weighted by molar-refractivity contribution is -0.146. The fourth-order valence-electron chi connectivity index (χ4n) is 2.38. The molecule has 0 aromatic carbocycles. The second-order valence-corrected chi connectivity index (χ2v) is 5.29. The van der Waals surface area contributed by atoms with E-state index in [-0.39, 0.29) is 23.9 Å². The van der Waals surface area contributed by atoms with E-state index in [9.17, 15) is 9.59 Å². The van der Waals surface area contributed by atoms with Gasteiger partial charge in [0.25, 0.3) is 0 Å². The van der Waals surface area contributed by atoms with Crippen molar-refractivity contribution in [1.29, 1.82) is 0 Å². The summed E-state index contributed by atoms with van der Waals surface area (Å²) >= 11 is 0. The third-order valence-corrected chi connectivity index (χ3v) is 2.83. The predicted molar refractivity (Wildman–Crippen MR) is 60.1 cm³/mol. The van der Waals surface area contributed by atoms with Gasteiger partial charge in [-0.05, 0) is 27.7 Å². The molecule has 0 aromatic heterocycles. The van der Waals surface area contributed by atoms with Crippen molar-refractivity contribution in [2.75, 3.05) is 6.54 Å². The molecule has 0 saturated carbocycles. The van der Waals surface area contributed by atoms with Crippen LogP contribution >= 0.6 is 0 Å². The smallest absolute Gasteiger partial charge is 0.305 e. The molecule has 2 atom stereocenters. The van der Waals surface area contributed by atoms with Gasteiger partial charge in [-0.25, -0.2) is 0 Å². The molecule has 1 aliphatic heterocycles. The topological polar surface area (TPSA) is 69.6 Å². The maximum absolute atomic E-state index is 11.7. The van der Waals surface area contributed by atoms with Gasteiger partial charge in [-0.3, -0.25) is 14.5 Å². The van der Waals surface area contributed by atoms with E-state index in [0.29, 0.717) is 6.54 Å². The number of aliphatic carboxylic acids is 1. The third-order valence-electron chi connectivity index (χ3n) is 2.83. The van der Waals surface area contributed by atoms with Gasteiger partial charge >= 0.3 is 5.97 Å². The number of hydrogen-bond donors (Lipinski definition) is 2. The molecule has 1 heterocycles. The van der Waals surface area contributed by atoms with Crippen LogP contribution in [0.1, 0.15) is 34.1 Å². The van der Waals surface area contributed by atoms with Crippen LogP contribution in [0.3, 0.4) is 0 Å². The number of nitrogens with zero attached hydrogens (tertiary/aromatic N) is 1. The van der Waals surface area contributed by atoms with Crippen LogP contribution in [-0.4, -0.2) is 46.1 Å². The van der Waals surface area contributed by atoms with E-state index >= 15 is 0 Å². The Hall–Kier alpha value is -1.10. The quantitative estimate of drug-likeness (QED) is 0.720. The lowest BCUT2D eigenvalue weighted by atomic mass is 9.95. The highest BCUT2D eigenvalue weighted by Crippen LogP contribution is 2.24. The second-order valence-electron chi connectivity index (χ2n) is 5.29. The van der Waals surface area contributed by atoms with Crippen molar-refractivity contribution in [2.45, 2.75) is 51.7 Å². The Balaban J connectivity index is 2.95. The van der Waals surface area contributed by atoms with Crippen LogP contribution < -0.4 is 5.32 Å². The van der Waals surface area contributed by atoms with E-state index in [4.69, 9.17) is 5.11 Å². The SMILES string of the molecule is CC1CNC(=O)C(CC(=O)O)N1C(C)(C)C. The molecule has 0 aromatic rings. The van der Waals surface area contributed by atoms with Gasteiger partial charge < -0.3 is 10.4 Å². The number of carboxylic acids is 1. The number of hydrogen-bond acceptors (Lipinski definition) is 3. The normalized spacial score (nSPS) is 27.6. The maximum atomic E-state index is 11.7. The summed E-state index contributed by atoms with van der Waals surface area (Å²) in [6.07, 6.45) is -0.145. The van der Waals surface area contributed by atoms with Crippen LogP contribution in [0.5, 0.6) is 0 Å². The Bertz CT molecular complexity index is 296. The highest BCUT2D eigenvalue weighted by atomic mass is 16.4. The summed E-state index contributed by atoms with van der Waals surface area (Å²) < 4.78 is 0. The molecule has 92 valence electrons. The summed E-state index contributed by atoms with van der Waals surface area (Å²) in [5.74, 6) is -1.13. The minimum Gasteiger partial charge on any atom is -0.481 e. The summed E-state index contributed by atoms with van der Waals surface area (Å²) in [7, 11) is 0. The van der Waals surface area contributed by atoms with Gasteiger partial charge in [0, 0.05) is 18.1 Å². The van der Waals surface area contributed by atoms with Crippen LogP contribution in [-0.2, 0) is 9.59 Å². The van der Waals surface area contributed by atoms with Crippen molar-refractivity contribution in [1.82, 2.24) is 10.2 Å². The first-order valence-electron chi connectivity index (χ1n) is 5.51. The van der Waals surface area contributed by atoms with E-state index in [2.05, 4.69) is 5.32 Å². The third kappa shape index (κ3) is 2.72. The lowest BCUT2D eigenvalue weighted by Crippen LogP contribution is -2.65. The fourth-order valence-corrected chi connectivity index (χ4v) is 2.38. The molecule has 0 aliphatic carbocycles.